The monoisotopic (exact) mass is 340 g/mol. The van der Waals surface area contributed by atoms with E-state index in [1.165, 1.54) is 0 Å². The Labute approximate surface area is 147 Å². The van der Waals surface area contributed by atoms with Crippen molar-refractivity contribution in [3.63, 3.8) is 0 Å². The molecule has 0 saturated carbocycles. The molecule has 0 bridgehead atoms. The zero-order chi connectivity index (χ0) is 18.7. The summed E-state index contributed by atoms with van der Waals surface area (Å²) in [7, 11) is 2.29. The summed E-state index contributed by atoms with van der Waals surface area (Å²) < 4.78 is 9.11. The fraction of sp³-hybridized carbons (Fsp3) is 0.211. The van der Waals surface area contributed by atoms with Crippen LogP contribution in [-0.2, 0) is 25.6 Å². The molecule has 1 aromatic carbocycles. The molecule has 130 valence electrons. The van der Waals surface area contributed by atoms with Gasteiger partial charge in [-0.05, 0) is 11.6 Å². The third kappa shape index (κ3) is 6.36. The van der Waals surface area contributed by atoms with E-state index in [0.29, 0.717) is 13.1 Å². The Morgan fingerprint density at radius 1 is 1.20 bits per heavy atom. The first kappa shape index (κ1) is 19.7. The minimum Gasteiger partial charge on any atom is -0.465 e. The van der Waals surface area contributed by atoms with E-state index < -0.39 is 11.9 Å². The molecule has 0 aliphatic heterocycles. The molecule has 0 aliphatic rings. The van der Waals surface area contributed by atoms with Crippen LogP contribution in [0.5, 0.6) is 0 Å². The summed E-state index contributed by atoms with van der Waals surface area (Å²) in [6, 6.07) is 11.6. The Hall–Kier alpha value is -3.33. The summed E-state index contributed by atoms with van der Waals surface area (Å²) in [5.74, 6) is -1.74. The zero-order valence-corrected chi connectivity index (χ0v) is 14.3. The average molecular weight is 340 g/mol. The molecule has 0 aromatic heterocycles. The van der Waals surface area contributed by atoms with Crippen molar-refractivity contribution < 1.29 is 19.1 Å². The largest absolute Gasteiger partial charge is 0.465 e. The molecule has 0 spiro atoms. The molecule has 0 saturated heterocycles. The van der Waals surface area contributed by atoms with Gasteiger partial charge in [0.2, 0.25) is 0 Å². The molecule has 0 heterocycles. The van der Waals surface area contributed by atoms with Crippen molar-refractivity contribution in [1.82, 2.24) is 4.90 Å². The average Bonchev–Trinajstić information content (AvgIpc) is 2.64. The number of esters is 2. The number of methoxy groups -OCH3 is 2. The number of hydrogen-bond acceptors (Lipinski definition) is 6. The van der Waals surface area contributed by atoms with Crippen LogP contribution < -0.4 is 0 Å². The molecular weight excluding hydrogens is 320 g/mol. The maximum Gasteiger partial charge on any atom is 0.345 e. The fourth-order valence-electron chi connectivity index (χ4n) is 2.02. The molecule has 0 aliphatic carbocycles. The van der Waals surface area contributed by atoms with Crippen LogP contribution in [0.2, 0.25) is 0 Å². The van der Waals surface area contributed by atoms with Crippen molar-refractivity contribution in [2.24, 2.45) is 0 Å². The van der Waals surface area contributed by atoms with Gasteiger partial charge in [-0.25, -0.2) is 9.59 Å². The predicted octanol–water partition coefficient (Wildman–Crippen LogP) is 2.35. The van der Waals surface area contributed by atoms with Crippen LogP contribution in [0, 0.1) is 11.3 Å². The Bertz CT molecular complexity index is 697. The van der Waals surface area contributed by atoms with Crippen molar-refractivity contribution in [1.29, 1.82) is 5.26 Å². The Kier molecular flexibility index (Phi) is 8.24. The first-order valence-electron chi connectivity index (χ1n) is 7.44. The first-order valence-corrected chi connectivity index (χ1v) is 7.44. The summed E-state index contributed by atoms with van der Waals surface area (Å²) in [6.45, 7) is 4.73. The van der Waals surface area contributed by atoms with E-state index in [4.69, 9.17) is 0 Å². The molecule has 6 heteroatoms. The third-order valence-electron chi connectivity index (χ3n) is 3.15. The summed E-state index contributed by atoms with van der Waals surface area (Å²) in [5, 5.41) is 9.35. The summed E-state index contributed by atoms with van der Waals surface area (Å²) >= 11 is 0. The maximum absolute atomic E-state index is 11.7. The number of ether oxygens (including phenoxy) is 2. The smallest absolute Gasteiger partial charge is 0.345 e. The second-order valence-corrected chi connectivity index (χ2v) is 4.94. The van der Waals surface area contributed by atoms with E-state index in [9.17, 15) is 14.9 Å². The predicted molar refractivity (Wildman–Crippen MR) is 92.9 cm³/mol. The lowest BCUT2D eigenvalue weighted by atomic mass is 10.1. The molecule has 0 amide bonds. The molecular formula is C19H20N2O4. The van der Waals surface area contributed by atoms with Gasteiger partial charge < -0.3 is 14.4 Å². The number of nitrogens with zero attached hydrogens (tertiary/aromatic N) is 2. The third-order valence-corrected chi connectivity index (χ3v) is 3.15. The summed E-state index contributed by atoms with van der Waals surface area (Å²) in [5.41, 5.74) is 0.808. The van der Waals surface area contributed by atoms with Crippen LogP contribution in [0.25, 0.3) is 0 Å². The van der Waals surface area contributed by atoms with Crippen LogP contribution in [0.3, 0.4) is 0 Å². The van der Waals surface area contributed by atoms with Gasteiger partial charge in [0.25, 0.3) is 0 Å². The number of nitriles is 1. The van der Waals surface area contributed by atoms with E-state index in [-0.39, 0.29) is 11.1 Å². The molecule has 1 rings (SSSR count). The molecule has 0 atom stereocenters. The second kappa shape index (κ2) is 10.4. The lowest BCUT2D eigenvalue weighted by Crippen LogP contribution is -2.18. The van der Waals surface area contributed by atoms with Gasteiger partial charge in [-0.3, -0.25) is 0 Å². The van der Waals surface area contributed by atoms with Crippen molar-refractivity contribution in [2.75, 3.05) is 20.8 Å². The van der Waals surface area contributed by atoms with E-state index in [1.54, 1.807) is 12.3 Å². The Balaban J connectivity index is 3.16. The standard InChI is InChI=1S/C19H20N2O4/c1-4-10-21(13-15-8-6-5-7-9-15)14-16(12-20)11-17(18(22)24-2)19(23)25-3/h4-9,11,14H,1,10,13H2,2-3H3. The zero-order valence-electron chi connectivity index (χ0n) is 14.3. The number of rotatable bonds is 8. The van der Waals surface area contributed by atoms with Crippen LogP contribution in [0.1, 0.15) is 5.56 Å². The summed E-state index contributed by atoms with van der Waals surface area (Å²) in [6.07, 6.45) is 4.40. The van der Waals surface area contributed by atoms with Gasteiger partial charge >= 0.3 is 11.9 Å². The van der Waals surface area contributed by atoms with E-state index in [1.807, 2.05) is 41.3 Å². The lowest BCUT2D eigenvalue weighted by molar-refractivity contribution is -0.144. The molecule has 0 unspecified atom stereocenters. The Morgan fingerprint density at radius 2 is 1.80 bits per heavy atom. The number of hydrogen-bond donors (Lipinski definition) is 0. The van der Waals surface area contributed by atoms with Crippen molar-refractivity contribution in [2.45, 2.75) is 6.54 Å². The van der Waals surface area contributed by atoms with Gasteiger partial charge in [-0.1, -0.05) is 36.4 Å². The molecule has 0 N–H and O–H groups in total. The molecule has 0 radical (unpaired) electrons. The number of allylic oxidation sites excluding steroid dienone is 2. The van der Waals surface area contributed by atoms with Gasteiger partial charge in [-0.15, -0.1) is 6.58 Å². The lowest BCUT2D eigenvalue weighted by Gasteiger charge is -2.19. The normalized spacial score (nSPS) is 10.2. The van der Waals surface area contributed by atoms with Crippen LogP contribution in [0.15, 0.2) is 66.4 Å². The first-order chi connectivity index (χ1) is 12.0. The topological polar surface area (TPSA) is 79.6 Å². The van der Waals surface area contributed by atoms with Crippen molar-refractivity contribution >= 4 is 11.9 Å². The Morgan fingerprint density at radius 3 is 2.28 bits per heavy atom. The van der Waals surface area contributed by atoms with Crippen LogP contribution in [0.4, 0.5) is 0 Å². The maximum atomic E-state index is 11.7. The minimum atomic E-state index is -0.869. The van der Waals surface area contributed by atoms with Gasteiger partial charge in [0, 0.05) is 19.3 Å². The highest BCUT2D eigenvalue weighted by atomic mass is 16.5. The van der Waals surface area contributed by atoms with Crippen LogP contribution in [-0.4, -0.2) is 37.6 Å². The quantitative estimate of drug-likeness (QED) is 0.137. The molecule has 0 fully saturated rings. The molecule has 1 aromatic rings. The van der Waals surface area contributed by atoms with Gasteiger partial charge in [0.15, 0.2) is 0 Å². The summed E-state index contributed by atoms with van der Waals surface area (Å²) in [4.78, 5) is 25.3. The van der Waals surface area contributed by atoms with Gasteiger partial charge in [0.1, 0.15) is 11.6 Å². The number of carbonyl (C=O) groups excluding carboxylic acids is 2. The fourth-order valence-corrected chi connectivity index (χ4v) is 2.02. The van der Waals surface area contributed by atoms with Crippen molar-refractivity contribution in [3.05, 3.63) is 72.0 Å². The minimum absolute atomic E-state index is 0.114. The van der Waals surface area contributed by atoms with E-state index in [2.05, 4.69) is 16.1 Å². The molecule has 25 heavy (non-hydrogen) atoms. The SMILES string of the molecule is C=CCN(C=C(C#N)C=C(C(=O)OC)C(=O)OC)Cc1ccccc1. The second-order valence-electron chi connectivity index (χ2n) is 4.94. The highest BCUT2D eigenvalue weighted by molar-refractivity contribution is 6.14. The van der Waals surface area contributed by atoms with Gasteiger partial charge in [-0.2, -0.15) is 5.26 Å². The van der Waals surface area contributed by atoms with Crippen molar-refractivity contribution in [3.8, 4) is 6.07 Å². The molecule has 6 nitrogen and oxygen atoms in total. The number of carbonyl (C=O) groups is 2. The number of benzene rings is 1. The van der Waals surface area contributed by atoms with Gasteiger partial charge in [0.05, 0.1) is 19.8 Å². The van der Waals surface area contributed by atoms with E-state index in [0.717, 1.165) is 25.9 Å². The highest BCUT2D eigenvalue weighted by Gasteiger charge is 2.20. The van der Waals surface area contributed by atoms with E-state index >= 15 is 0 Å². The van der Waals surface area contributed by atoms with Crippen LogP contribution >= 0.6 is 0 Å². The highest BCUT2D eigenvalue weighted by Crippen LogP contribution is 2.11.